The van der Waals surface area contributed by atoms with E-state index >= 15 is 0 Å². The van der Waals surface area contributed by atoms with Crippen molar-refractivity contribution in [1.82, 2.24) is 19.5 Å². The first-order valence-corrected chi connectivity index (χ1v) is 11.3. The summed E-state index contributed by atoms with van der Waals surface area (Å²) < 4.78 is 6.48. The monoisotopic (exact) mass is 455 g/mol. The lowest BCUT2D eigenvalue weighted by Crippen LogP contribution is -2.35. The minimum Gasteiger partial charge on any atom is -0.460 e. The maximum Gasteiger partial charge on any atom is 0.330 e. The molecule has 1 aromatic carbocycles. The zero-order valence-electron chi connectivity index (χ0n) is 20.3. The SMILES string of the molecule is Cc1cc2nc3c(=O)n(CCCCCCC(=O)OC(C)(C)C)c(=O)[nH]c3nc2cc1N(C)C. The van der Waals surface area contributed by atoms with Crippen LogP contribution >= 0.6 is 0 Å². The van der Waals surface area contributed by atoms with E-state index in [4.69, 9.17) is 4.74 Å². The summed E-state index contributed by atoms with van der Waals surface area (Å²) in [5.41, 5.74) is 2.20. The second kappa shape index (κ2) is 9.72. The highest BCUT2D eigenvalue weighted by molar-refractivity contribution is 5.87. The average molecular weight is 456 g/mol. The second-order valence-electron chi connectivity index (χ2n) is 9.58. The van der Waals surface area contributed by atoms with E-state index in [1.54, 1.807) is 0 Å². The molecule has 0 spiro atoms. The Balaban J connectivity index is 1.70. The fraction of sp³-hybridized carbons (Fsp3) is 0.542. The molecule has 0 aliphatic carbocycles. The number of aromatic nitrogens is 4. The van der Waals surface area contributed by atoms with Crippen molar-refractivity contribution in [2.75, 3.05) is 19.0 Å². The molecule has 2 aromatic heterocycles. The summed E-state index contributed by atoms with van der Waals surface area (Å²) in [5, 5.41) is 0. The molecule has 33 heavy (non-hydrogen) atoms. The summed E-state index contributed by atoms with van der Waals surface area (Å²) in [4.78, 5) is 50.9. The van der Waals surface area contributed by atoms with Gasteiger partial charge in [-0.05, 0) is 58.2 Å². The van der Waals surface area contributed by atoms with Gasteiger partial charge >= 0.3 is 11.7 Å². The molecule has 3 aromatic rings. The van der Waals surface area contributed by atoms with Crippen LogP contribution in [0.3, 0.4) is 0 Å². The van der Waals surface area contributed by atoms with Crippen LogP contribution < -0.4 is 16.1 Å². The molecule has 0 unspecified atom stereocenters. The van der Waals surface area contributed by atoms with Crippen LogP contribution in [0.2, 0.25) is 0 Å². The van der Waals surface area contributed by atoms with Gasteiger partial charge in [0.1, 0.15) is 5.60 Å². The first-order valence-electron chi connectivity index (χ1n) is 11.3. The average Bonchev–Trinajstić information content (AvgIpc) is 2.69. The number of benzene rings is 1. The highest BCUT2D eigenvalue weighted by Crippen LogP contribution is 2.24. The number of fused-ring (bicyclic) bond motifs is 2. The summed E-state index contributed by atoms with van der Waals surface area (Å²) in [5.74, 6) is -0.205. The number of unbranched alkanes of at least 4 members (excludes halogenated alkanes) is 3. The van der Waals surface area contributed by atoms with Gasteiger partial charge in [0.15, 0.2) is 11.2 Å². The van der Waals surface area contributed by atoms with Crippen molar-refractivity contribution in [2.24, 2.45) is 0 Å². The molecule has 1 N–H and O–H groups in total. The number of anilines is 1. The first-order chi connectivity index (χ1) is 15.5. The molecule has 9 heteroatoms. The molecular formula is C24H33N5O4. The zero-order valence-corrected chi connectivity index (χ0v) is 20.3. The van der Waals surface area contributed by atoms with Crippen LogP contribution in [0.15, 0.2) is 21.7 Å². The smallest absolute Gasteiger partial charge is 0.330 e. The number of hydrogen-bond donors (Lipinski definition) is 1. The van der Waals surface area contributed by atoms with E-state index in [0.717, 1.165) is 24.1 Å². The Morgan fingerprint density at radius 2 is 1.73 bits per heavy atom. The number of H-pyrrole nitrogens is 1. The van der Waals surface area contributed by atoms with Gasteiger partial charge < -0.3 is 9.64 Å². The Kier molecular flexibility index (Phi) is 7.19. The maximum absolute atomic E-state index is 13.0. The molecule has 0 atom stereocenters. The number of esters is 1. The number of aromatic amines is 1. The molecule has 0 saturated carbocycles. The highest BCUT2D eigenvalue weighted by atomic mass is 16.6. The van der Waals surface area contributed by atoms with Gasteiger partial charge in [0, 0.05) is 32.7 Å². The first kappa shape index (κ1) is 24.4. The van der Waals surface area contributed by atoms with E-state index in [1.807, 2.05) is 58.8 Å². The van der Waals surface area contributed by atoms with E-state index < -0.39 is 16.9 Å². The molecule has 0 aliphatic heterocycles. The summed E-state index contributed by atoms with van der Waals surface area (Å²) in [6.45, 7) is 7.81. The lowest BCUT2D eigenvalue weighted by molar-refractivity contribution is -0.154. The highest BCUT2D eigenvalue weighted by Gasteiger charge is 2.16. The molecule has 0 saturated heterocycles. The molecule has 0 aliphatic rings. The second-order valence-corrected chi connectivity index (χ2v) is 9.58. The summed E-state index contributed by atoms with van der Waals surface area (Å²) in [7, 11) is 3.89. The predicted octanol–water partition coefficient (Wildman–Crippen LogP) is 3.30. The Morgan fingerprint density at radius 1 is 1.06 bits per heavy atom. The number of ether oxygens (including phenoxy) is 1. The van der Waals surface area contributed by atoms with Crippen LogP contribution in [0.5, 0.6) is 0 Å². The molecule has 2 heterocycles. The lowest BCUT2D eigenvalue weighted by atomic mass is 10.1. The van der Waals surface area contributed by atoms with Gasteiger partial charge in [-0.1, -0.05) is 12.8 Å². The van der Waals surface area contributed by atoms with Gasteiger partial charge in [-0.15, -0.1) is 0 Å². The molecule has 0 radical (unpaired) electrons. The minimum atomic E-state index is -0.491. The molecule has 0 fully saturated rings. The van der Waals surface area contributed by atoms with Crippen LogP contribution in [-0.4, -0.2) is 45.2 Å². The predicted molar refractivity (Wildman–Crippen MR) is 130 cm³/mol. The largest absolute Gasteiger partial charge is 0.460 e. The van der Waals surface area contributed by atoms with Crippen molar-refractivity contribution in [3.8, 4) is 0 Å². The molecule has 0 amide bonds. The summed E-state index contributed by atoms with van der Waals surface area (Å²) in [6.07, 6.45) is 3.34. The van der Waals surface area contributed by atoms with Crippen LogP contribution in [-0.2, 0) is 16.1 Å². The molecule has 0 bridgehead atoms. The number of aryl methyl sites for hydroxylation is 1. The van der Waals surface area contributed by atoms with Gasteiger partial charge in [-0.3, -0.25) is 19.1 Å². The zero-order chi connectivity index (χ0) is 24.3. The fourth-order valence-corrected chi connectivity index (χ4v) is 3.79. The molecule has 3 rings (SSSR count). The minimum absolute atomic E-state index is 0.157. The van der Waals surface area contributed by atoms with E-state index in [0.29, 0.717) is 30.3 Å². The van der Waals surface area contributed by atoms with Crippen LogP contribution in [0.1, 0.15) is 58.4 Å². The van der Waals surface area contributed by atoms with Crippen LogP contribution in [0.4, 0.5) is 5.69 Å². The lowest BCUT2D eigenvalue weighted by Gasteiger charge is -2.19. The Morgan fingerprint density at radius 3 is 2.39 bits per heavy atom. The van der Waals surface area contributed by atoms with Crippen molar-refractivity contribution in [3.63, 3.8) is 0 Å². The molecular weight excluding hydrogens is 422 g/mol. The van der Waals surface area contributed by atoms with Gasteiger partial charge in [0.2, 0.25) is 0 Å². The normalized spacial score (nSPS) is 11.8. The third kappa shape index (κ3) is 5.97. The number of nitrogens with zero attached hydrogens (tertiary/aromatic N) is 4. The number of hydrogen-bond acceptors (Lipinski definition) is 7. The topological polar surface area (TPSA) is 110 Å². The van der Waals surface area contributed by atoms with Crippen molar-refractivity contribution >= 4 is 33.9 Å². The van der Waals surface area contributed by atoms with Crippen molar-refractivity contribution in [1.29, 1.82) is 0 Å². The number of nitrogens with one attached hydrogen (secondary N) is 1. The third-order valence-electron chi connectivity index (χ3n) is 5.31. The van der Waals surface area contributed by atoms with Crippen LogP contribution in [0.25, 0.3) is 22.2 Å². The van der Waals surface area contributed by atoms with Gasteiger partial charge in [-0.25, -0.2) is 14.8 Å². The Hall–Kier alpha value is -3.23. The fourth-order valence-electron chi connectivity index (χ4n) is 3.79. The maximum atomic E-state index is 13.0. The standard InChI is InChI=1S/C24H33N5O4/c1-15-13-16-17(14-18(15)28(5)6)26-21-20(25-16)22(31)29(23(32)27-21)12-10-8-7-9-11-19(30)33-24(2,3)4/h13-14H,7-12H2,1-6H3,(H,26,27,32). The van der Waals surface area contributed by atoms with E-state index in [9.17, 15) is 14.4 Å². The third-order valence-corrected chi connectivity index (χ3v) is 5.31. The number of carbonyl (C=O) groups is 1. The number of rotatable bonds is 8. The van der Waals surface area contributed by atoms with E-state index in [2.05, 4.69) is 15.0 Å². The van der Waals surface area contributed by atoms with Crippen LogP contribution in [0, 0.1) is 6.92 Å². The van der Waals surface area contributed by atoms with E-state index in [-0.39, 0.29) is 23.7 Å². The van der Waals surface area contributed by atoms with Crippen molar-refractivity contribution in [3.05, 3.63) is 38.5 Å². The van der Waals surface area contributed by atoms with Crippen molar-refractivity contribution in [2.45, 2.75) is 71.9 Å². The Labute approximate surface area is 192 Å². The quantitative estimate of drug-likeness (QED) is 0.315. The van der Waals surface area contributed by atoms with Gasteiger partial charge in [0.05, 0.1) is 11.0 Å². The van der Waals surface area contributed by atoms with E-state index in [1.165, 1.54) is 4.57 Å². The van der Waals surface area contributed by atoms with Gasteiger partial charge in [-0.2, -0.15) is 0 Å². The number of carbonyl (C=O) groups excluding carboxylic acids is 1. The Bertz CT molecular complexity index is 1280. The molecule has 178 valence electrons. The van der Waals surface area contributed by atoms with Gasteiger partial charge in [0.25, 0.3) is 5.56 Å². The summed E-state index contributed by atoms with van der Waals surface area (Å²) >= 11 is 0. The molecule has 9 nitrogen and oxygen atoms in total. The summed E-state index contributed by atoms with van der Waals surface area (Å²) in [6, 6.07) is 3.80. The van der Waals surface area contributed by atoms with Crippen molar-refractivity contribution < 1.29 is 9.53 Å².